The van der Waals surface area contributed by atoms with Crippen LogP contribution < -0.4 is 0 Å². The van der Waals surface area contributed by atoms with Gasteiger partial charge in [0.2, 0.25) is 0 Å². The van der Waals surface area contributed by atoms with Crippen LogP contribution in [0.25, 0.3) is 65.3 Å². The van der Waals surface area contributed by atoms with E-state index in [0.29, 0.717) is 22.3 Å². The summed E-state index contributed by atoms with van der Waals surface area (Å²) in [5.41, 5.74) is 6.35. The Morgan fingerprint density at radius 3 is 0.982 bits per heavy atom. The molecule has 0 radical (unpaired) electrons. The van der Waals surface area contributed by atoms with Crippen LogP contribution in [-0.4, -0.2) is 45.5 Å². The molecule has 0 aromatic heterocycles. The Kier molecular flexibility index (Phi) is 7.54. The van der Waals surface area contributed by atoms with Crippen LogP contribution in [0.5, 0.6) is 0 Å². The molecule has 2 fully saturated rings. The maximum Gasteiger partial charge on any atom is 0.261 e. The molecule has 6 heteroatoms. The van der Waals surface area contributed by atoms with E-state index in [0.717, 1.165) is 130 Å². The lowest BCUT2D eigenvalue weighted by Gasteiger charge is -2.36. The van der Waals surface area contributed by atoms with Gasteiger partial charge in [0.25, 0.3) is 23.6 Å². The number of hydrogen-bond acceptors (Lipinski definition) is 4. The Balaban J connectivity index is 1.13. The minimum atomic E-state index is -0.191. The zero-order chi connectivity index (χ0) is 37.7. The molecule has 7 aromatic rings. The quantitative estimate of drug-likeness (QED) is 0.133. The fraction of sp³-hybridized carbons (Fsp3) is 0.240. The average molecular weight is 733 g/mol. The first-order valence-electron chi connectivity index (χ1n) is 20.3. The van der Waals surface area contributed by atoms with Gasteiger partial charge >= 0.3 is 0 Å². The number of carbonyl (C=O) groups is 4. The molecule has 2 heterocycles. The van der Waals surface area contributed by atoms with E-state index in [9.17, 15) is 19.2 Å². The molecule has 7 aromatic carbocycles. The van der Waals surface area contributed by atoms with E-state index in [1.165, 1.54) is 0 Å². The van der Waals surface area contributed by atoms with E-state index in [2.05, 4.69) is 60.7 Å². The Hall–Kier alpha value is -6.14. The third-order valence-electron chi connectivity index (χ3n) is 13.2. The summed E-state index contributed by atoms with van der Waals surface area (Å²) in [6, 6.07) is 36.4. The van der Waals surface area contributed by atoms with Gasteiger partial charge in [-0.25, -0.2) is 0 Å². The van der Waals surface area contributed by atoms with Gasteiger partial charge in [0.1, 0.15) is 0 Å². The summed E-state index contributed by atoms with van der Waals surface area (Å²) in [7, 11) is 0. The highest BCUT2D eigenvalue weighted by atomic mass is 16.2. The van der Waals surface area contributed by atoms with E-state index in [1.54, 1.807) is 9.80 Å². The molecule has 6 nitrogen and oxygen atoms in total. The van der Waals surface area contributed by atoms with Crippen LogP contribution in [-0.2, 0) is 0 Å². The van der Waals surface area contributed by atoms with Crippen molar-refractivity contribution in [1.82, 2.24) is 9.80 Å². The monoisotopic (exact) mass is 732 g/mol. The fourth-order valence-corrected chi connectivity index (χ4v) is 10.7. The number of hydrogen-bond donors (Lipinski definition) is 0. The maximum atomic E-state index is 14.2. The SMILES string of the molecule is O=C1c2cccc3c(-c4c5ccccc5c(-c5ccc6c7c(cccc57)C(=O)N(C5CCCCC5)C6=O)c5ccccc45)ccc(c23)C(=O)N1C1CCCCC1. The van der Waals surface area contributed by atoms with Gasteiger partial charge in [0.15, 0.2) is 0 Å². The number of imide groups is 2. The van der Waals surface area contributed by atoms with Crippen LogP contribution in [0.2, 0.25) is 0 Å². The average Bonchev–Trinajstić information content (AvgIpc) is 3.24. The normalized spacial score (nSPS) is 17.9. The predicted molar refractivity (Wildman–Crippen MR) is 222 cm³/mol. The largest absolute Gasteiger partial charge is 0.271 e. The van der Waals surface area contributed by atoms with Crippen molar-refractivity contribution < 1.29 is 19.2 Å². The summed E-state index contributed by atoms with van der Waals surface area (Å²) in [6.45, 7) is 0. The zero-order valence-electron chi connectivity index (χ0n) is 31.1. The van der Waals surface area contributed by atoms with E-state index >= 15 is 0 Å². The Labute approximate surface area is 324 Å². The van der Waals surface area contributed by atoms with Crippen molar-refractivity contribution in [3.8, 4) is 22.3 Å². The smallest absolute Gasteiger partial charge is 0.261 e. The number of carbonyl (C=O) groups excluding carboxylic acids is 4. The van der Waals surface area contributed by atoms with Crippen molar-refractivity contribution in [2.75, 3.05) is 0 Å². The molecule has 2 aliphatic carbocycles. The third kappa shape index (κ3) is 4.68. The molecule has 0 bridgehead atoms. The third-order valence-corrected chi connectivity index (χ3v) is 13.2. The minimum Gasteiger partial charge on any atom is -0.271 e. The Bertz CT molecular complexity index is 2580. The van der Waals surface area contributed by atoms with Crippen LogP contribution in [0, 0.1) is 0 Å². The first kappa shape index (κ1) is 33.2. The van der Waals surface area contributed by atoms with Crippen LogP contribution in [0.1, 0.15) is 106 Å². The number of nitrogens with zero attached hydrogens (tertiary/aromatic N) is 2. The van der Waals surface area contributed by atoms with Gasteiger partial charge < -0.3 is 0 Å². The van der Waals surface area contributed by atoms with Gasteiger partial charge in [0.05, 0.1) is 0 Å². The molecule has 274 valence electrons. The first-order valence-corrected chi connectivity index (χ1v) is 20.3. The van der Waals surface area contributed by atoms with Crippen LogP contribution in [0.15, 0.2) is 109 Å². The maximum absolute atomic E-state index is 14.2. The second-order valence-corrected chi connectivity index (χ2v) is 16.2. The molecule has 11 rings (SSSR count). The zero-order valence-corrected chi connectivity index (χ0v) is 31.1. The molecule has 0 unspecified atom stereocenters. The summed E-state index contributed by atoms with van der Waals surface area (Å²) >= 11 is 0. The molecule has 2 saturated carbocycles. The summed E-state index contributed by atoms with van der Waals surface area (Å²) in [5, 5.41) is 7.37. The molecule has 4 aliphatic rings. The van der Waals surface area contributed by atoms with E-state index in [-0.39, 0.29) is 35.7 Å². The number of rotatable bonds is 4. The number of fused-ring (bicyclic) bond motifs is 2. The van der Waals surface area contributed by atoms with Crippen LogP contribution >= 0.6 is 0 Å². The van der Waals surface area contributed by atoms with Gasteiger partial charge in [-0.15, -0.1) is 0 Å². The molecule has 4 amide bonds. The van der Waals surface area contributed by atoms with Crippen molar-refractivity contribution in [3.63, 3.8) is 0 Å². The second-order valence-electron chi connectivity index (χ2n) is 16.2. The topological polar surface area (TPSA) is 74.8 Å². The fourth-order valence-electron chi connectivity index (χ4n) is 10.7. The standard InChI is InChI=1S/C50H40N2O4/c53-47-39-23-11-21-35-37(25-27-41(45(35)39)49(55)51(47)29-13-3-1-4-14-29)43-31-17-7-9-19-33(31)44(34-20-10-8-18-32(34)43)38-26-28-42-46-36(38)22-12-24-40(46)48(54)52(50(42)56)30-15-5-2-6-16-30/h7-12,17-30H,1-6,13-16H2. The Morgan fingerprint density at radius 1 is 0.321 bits per heavy atom. The molecule has 0 saturated heterocycles. The van der Waals surface area contributed by atoms with Crippen molar-refractivity contribution in [3.05, 3.63) is 131 Å². The van der Waals surface area contributed by atoms with Gasteiger partial charge in [-0.05, 0) is 105 Å². The summed E-state index contributed by atoms with van der Waals surface area (Å²) in [6.07, 6.45) is 9.84. The molecule has 56 heavy (non-hydrogen) atoms. The molecule has 0 atom stereocenters. The highest BCUT2D eigenvalue weighted by Crippen LogP contribution is 2.49. The molecule has 2 aliphatic heterocycles. The lowest BCUT2D eigenvalue weighted by Crippen LogP contribution is -2.47. The molecular weight excluding hydrogens is 693 g/mol. The second kappa shape index (κ2) is 12.7. The minimum absolute atomic E-state index is 0.0606. The molecule has 0 spiro atoms. The number of benzene rings is 7. The summed E-state index contributed by atoms with van der Waals surface area (Å²) in [4.78, 5) is 59.8. The van der Waals surface area contributed by atoms with Crippen molar-refractivity contribution >= 4 is 66.7 Å². The van der Waals surface area contributed by atoms with Gasteiger partial charge in [-0.2, -0.15) is 0 Å². The number of amides is 4. The van der Waals surface area contributed by atoms with Gasteiger partial charge in [-0.3, -0.25) is 29.0 Å². The van der Waals surface area contributed by atoms with E-state index in [4.69, 9.17) is 0 Å². The van der Waals surface area contributed by atoms with E-state index in [1.807, 2.05) is 48.5 Å². The lowest BCUT2D eigenvalue weighted by molar-refractivity contribution is 0.0487. The summed E-state index contributed by atoms with van der Waals surface area (Å²) in [5.74, 6) is -0.763. The van der Waals surface area contributed by atoms with Gasteiger partial charge in [0, 0.05) is 45.1 Å². The predicted octanol–water partition coefficient (Wildman–Crippen LogP) is 11.5. The summed E-state index contributed by atoms with van der Waals surface area (Å²) < 4.78 is 0. The Morgan fingerprint density at radius 2 is 0.625 bits per heavy atom. The van der Waals surface area contributed by atoms with Crippen LogP contribution in [0.4, 0.5) is 0 Å². The lowest BCUT2D eigenvalue weighted by atomic mass is 9.81. The van der Waals surface area contributed by atoms with Crippen molar-refractivity contribution in [2.45, 2.75) is 76.3 Å². The highest BCUT2D eigenvalue weighted by molar-refractivity contribution is 6.32. The highest BCUT2D eigenvalue weighted by Gasteiger charge is 2.40. The first-order chi connectivity index (χ1) is 27.5. The van der Waals surface area contributed by atoms with Gasteiger partial charge in [-0.1, -0.05) is 123 Å². The van der Waals surface area contributed by atoms with Crippen molar-refractivity contribution in [1.29, 1.82) is 0 Å². The molecular formula is C50H40N2O4. The van der Waals surface area contributed by atoms with E-state index < -0.39 is 0 Å². The molecule has 0 N–H and O–H groups in total. The van der Waals surface area contributed by atoms with Crippen LogP contribution in [0.3, 0.4) is 0 Å². The van der Waals surface area contributed by atoms with Crippen molar-refractivity contribution in [2.24, 2.45) is 0 Å².